The zero-order valence-electron chi connectivity index (χ0n) is 19.8. The van der Waals surface area contributed by atoms with Gasteiger partial charge in [-0.25, -0.2) is 9.97 Å². The van der Waals surface area contributed by atoms with E-state index in [2.05, 4.69) is 49.9 Å². The molecule has 35 heavy (non-hydrogen) atoms. The fourth-order valence-corrected chi connectivity index (χ4v) is 4.76. The lowest BCUT2D eigenvalue weighted by atomic mass is 10.1. The first-order valence-electron chi connectivity index (χ1n) is 12.4. The summed E-state index contributed by atoms with van der Waals surface area (Å²) in [7, 11) is 0. The molecule has 2 aromatic carbocycles. The van der Waals surface area contributed by atoms with Crippen LogP contribution in [0.25, 0.3) is 22.5 Å². The molecule has 6 nitrogen and oxygen atoms in total. The van der Waals surface area contributed by atoms with Crippen molar-refractivity contribution in [2.24, 2.45) is 5.92 Å². The summed E-state index contributed by atoms with van der Waals surface area (Å²) in [5, 5.41) is 0. The summed E-state index contributed by atoms with van der Waals surface area (Å²) in [6.07, 6.45) is 8.31. The van der Waals surface area contributed by atoms with Crippen molar-refractivity contribution in [2.75, 3.05) is 31.1 Å². The van der Waals surface area contributed by atoms with Gasteiger partial charge < -0.3 is 14.4 Å². The van der Waals surface area contributed by atoms with Crippen molar-refractivity contribution < 1.29 is 4.79 Å². The third-order valence-corrected chi connectivity index (χ3v) is 6.97. The van der Waals surface area contributed by atoms with E-state index < -0.39 is 0 Å². The molecule has 1 saturated heterocycles. The van der Waals surface area contributed by atoms with Crippen molar-refractivity contribution in [1.82, 2.24) is 19.4 Å². The first kappa shape index (κ1) is 21.6. The number of amides is 1. The van der Waals surface area contributed by atoms with E-state index in [1.807, 2.05) is 59.8 Å². The van der Waals surface area contributed by atoms with E-state index in [9.17, 15) is 4.79 Å². The second-order valence-electron chi connectivity index (χ2n) is 9.49. The summed E-state index contributed by atoms with van der Waals surface area (Å²) in [6.45, 7) is 4.05. The number of carbonyl (C=O) groups excluding carboxylic acids is 1. The lowest BCUT2D eigenvalue weighted by molar-refractivity contribution is 0.0735. The first-order valence-corrected chi connectivity index (χ1v) is 12.4. The summed E-state index contributed by atoms with van der Waals surface area (Å²) in [5.74, 6) is 1.50. The maximum absolute atomic E-state index is 13.6. The molecule has 2 fully saturated rings. The molecule has 0 unspecified atom stereocenters. The topological polar surface area (TPSA) is 54.3 Å². The number of hydrogen-bond donors (Lipinski definition) is 0. The molecule has 2 aliphatic rings. The van der Waals surface area contributed by atoms with Gasteiger partial charge in [0.15, 0.2) is 5.82 Å². The molecule has 176 valence electrons. The average molecular weight is 464 g/mol. The minimum absolute atomic E-state index is 0.117. The molecule has 0 atom stereocenters. The highest BCUT2D eigenvalue weighted by Crippen LogP contribution is 2.33. The molecule has 1 aliphatic carbocycles. The fourth-order valence-electron chi connectivity index (χ4n) is 4.76. The van der Waals surface area contributed by atoms with Gasteiger partial charge in [0.25, 0.3) is 5.91 Å². The van der Waals surface area contributed by atoms with E-state index in [0.29, 0.717) is 11.7 Å². The number of piperazine rings is 1. The third-order valence-electron chi connectivity index (χ3n) is 6.97. The highest BCUT2D eigenvalue weighted by molar-refractivity contribution is 5.94. The molecule has 4 aromatic rings. The Morgan fingerprint density at radius 1 is 0.800 bits per heavy atom. The van der Waals surface area contributed by atoms with Gasteiger partial charge in [-0.1, -0.05) is 48.5 Å². The molecular formula is C29H29N5O. The maximum atomic E-state index is 13.6. The third kappa shape index (κ3) is 4.69. The van der Waals surface area contributed by atoms with E-state index in [-0.39, 0.29) is 5.91 Å². The van der Waals surface area contributed by atoms with Gasteiger partial charge in [0.2, 0.25) is 0 Å². The van der Waals surface area contributed by atoms with Crippen molar-refractivity contribution in [1.29, 1.82) is 0 Å². The smallest absolute Gasteiger partial charge is 0.270 e. The van der Waals surface area contributed by atoms with E-state index in [1.54, 1.807) is 0 Å². The van der Waals surface area contributed by atoms with Gasteiger partial charge >= 0.3 is 0 Å². The van der Waals surface area contributed by atoms with Crippen LogP contribution in [-0.2, 0) is 6.54 Å². The first-order chi connectivity index (χ1) is 17.2. The maximum Gasteiger partial charge on any atom is 0.270 e. The molecule has 3 heterocycles. The van der Waals surface area contributed by atoms with E-state index in [4.69, 9.17) is 0 Å². The number of anilines is 1. The highest BCUT2D eigenvalue weighted by Gasteiger charge is 2.28. The molecular weight excluding hydrogens is 434 g/mol. The van der Waals surface area contributed by atoms with Crippen LogP contribution in [0.15, 0.2) is 85.3 Å². The van der Waals surface area contributed by atoms with Crippen molar-refractivity contribution in [3.63, 3.8) is 0 Å². The Morgan fingerprint density at radius 2 is 1.46 bits per heavy atom. The predicted octanol–water partition coefficient (Wildman–Crippen LogP) is 4.98. The Kier molecular flexibility index (Phi) is 5.78. The minimum atomic E-state index is 0.117. The molecule has 0 spiro atoms. The van der Waals surface area contributed by atoms with Crippen molar-refractivity contribution >= 4 is 11.6 Å². The summed E-state index contributed by atoms with van der Waals surface area (Å²) in [6, 6.07) is 22.4. The SMILES string of the molecule is O=C(c1cc(-c2cnc(-c3ccccc3)nc2)cn1CC1CC1)N1CCN(c2ccccc2)CC1. The Labute approximate surface area is 205 Å². The zero-order valence-corrected chi connectivity index (χ0v) is 19.8. The Balaban J connectivity index is 1.21. The second kappa shape index (κ2) is 9.37. The molecule has 1 aliphatic heterocycles. The molecule has 1 amide bonds. The van der Waals surface area contributed by atoms with Gasteiger partial charge in [-0.3, -0.25) is 4.79 Å². The largest absolute Gasteiger partial charge is 0.368 e. The van der Waals surface area contributed by atoms with Crippen LogP contribution in [0, 0.1) is 5.92 Å². The molecule has 6 heteroatoms. The summed E-state index contributed by atoms with van der Waals surface area (Å²) in [4.78, 5) is 27.1. The number of nitrogens with zero attached hydrogens (tertiary/aromatic N) is 5. The quantitative estimate of drug-likeness (QED) is 0.405. The second-order valence-corrected chi connectivity index (χ2v) is 9.49. The predicted molar refractivity (Wildman–Crippen MR) is 138 cm³/mol. The van der Waals surface area contributed by atoms with Crippen LogP contribution < -0.4 is 4.90 Å². The molecule has 2 aromatic heterocycles. The summed E-state index contributed by atoms with van der Waals surface area (Å²) >= 11 is 0. The molecule has 0 radical (unpaired) electrons. The van der Waals surface area contributed by atoms with Crippen molar-refractivity contribution in [3.8, 4) is 22.5 Å². The highest BCUT2D eigenvalue weighted by atomic mass is 16.2. The fraction of sp³-hybridized carbons (Fsp3) is 0.276. The van der Waals surface area contributed by atoms with Crippen LogP contribution in [0.2, 0.25) is 0 Å². The molecule has 0 N–H and O–H groups in total. The monoisotopic (exact) mass is 463 g/mol. The van der Waals surface area contributed by atoms with E-state index in [0.717, 1.165) is 55.1 Å². The number of benzene rings is 2. The number of carbonyl (C=O) groups is 1. The summed E-state index contributed by atoms with van der Waals surface area (Å²) in [5.41, 5.74) is 4.92. The van der Waals surface area contributed by atoms with Crippen molar-refractivity contribution in [2.45, 2.75) is 19.4 Å². The van der Waals surface area contributed by atoms with Crippen LogP contribution in [0.4, 0.5) is 5.69 Å². The standard InChI is InChI=1S/C29H29N5O/c35-29(33-15-13-32(14-16-33)26-9-5-2-6-10-26)27-17-24(21-34(27)20-22-11-12-22)25-18-30-28(31-19-25)23-7-3-1-4-8-23/h1-10,17-19,21-22H,11-16,20H2. The van der Waals surface area contributed by atoms with Crippen LogP contribution in [0.3, 0.4) is 0 Å². The number of rotatable bonds is 6. The normalized spacial score (nSPS) is 15.9. The Bertz CT molecular complexity index is 1290. The van der Waals surface area contributed by atoms with Crippen LogP contribution >= 0.6 is 0 Å². The van der Waals surface area contributed by atoms with Gasteiger partial charge in [0, 0.05) is 73.7 Å². The van der Waals surface area contributed by atoms with Gasteiger partial charge in [0.1, 0.15) is 5.69 Å². The minimum Gasteiger partial charge on any atom is -0.368 e. The Morgan fingerprint density at radius 3 is 2.11 bits per heavy atom. The lowest BCUT2D eigenvalue weighted by Crippen LogP contribution is -2.49. The molecule has 1 saturated carbocycles. The van der Waals surface area contributed by atoms with Gasteiger partial charge in [0.05, 0.1) is 0 Å². The average Bonchev–Trinajstić information content (AvgIpc) is 3.66. The zero-order chi connectivity index (χ0) is 23.6. The van der Waals surface area contributed by atoms with E-state index >= 15 is 0 Å². The van der Waals surface area contributed by atoms with Gasteiger partial charge in [-0.2, -0.15) is 0 Å². The number of para-hydroxylation sites is 1. The molecule has 0 bridgehead atoms. The Hall–Kier alpha value is -3.93. The molecule has 6 rings (SSSR count). The van der Waals surface area contributed by atoms with Gasteiger partial charge in [-0.15, -0.1) is 0 Å². The lowest BCUT2D eigenvalue weighted by Gasteiger charge is -2.36. The summed E-state index contributed by atoms with van der Waals surface area (Å²) < 4.78 is 2.16. The van der Waals surface area contributed by atoms with Gasteiger partial charge in [-0.05, 0) is 37.0 Å². The van der Waals surface area contributed by atoms with Crippen LogP contribution in [0.5, 0.6) is 0 Å². The van der Waals surface area contributed by atoms with Crippen LogP contribution in [0.1, 0.15) is 23.3 Å². The van der Waals surface area contributed by atoms with Crippen LogP contribution in [-0.4, -0.2) is 51.5 Å². The van der Waals surface area contributed by atoms with E-state index in [1.165, 1.54) is 18.5 Å². The van der Waals surface area contributed by atoms with Crippen molar-refractivity contribution in [3.05, 3.63) is 91.0 Å². The number of aromatic nitrogens is 3. The number of hydrogen-bond acceptors (Lipinski definition) is 4.